The summed E-state index contributed by atoms with van der Waals surface area (Å²) < 4.78 is 18.1. The molecule has 5 nitrogen and oxygen atoms in total. The van der Waals surface area contributed by atoms with Gasteiger partial charge in [0.05, 0.1) is 23.9 Å². The molecule has 2 saturated heterocycles. The average molecular weight is 366 g/mol. The van der Waals surface area contributed by atoms with Gasteiger partial charge in [-0.2, -0.15) is 0 Å². The molecule has 1 N–H and O–H groups in total. The quantitative estimate of drug-likeness (QED) is 0.773. The van der Waals surface area contributed by atoms with Crippen LogP contribution < -0.4 is 0 Å². The lowest BCUT2D eigenvalue weighted by Crippen LogP contribution is -2.67. The van der Waals surface area contributed by atoms with Gasteiger partial charge in [0.25, 0.3) is 0 Å². The second-order valence-corrected chi connectivity index (χ2v) is 10.1. The van der Waals surface area contributed by atoms with E-state index in [1.54, 1.807) is 7.11 Å². The van der Waals surface area contributed by atoms with Crippen molar-refractivity contribution in [2.24, 2.45) is 22.7 Å². The van der Waals surface area contributed by atoms with Gasteiger partial charge in [-0.3, -0.25) is 4.79 Å². The molecule has 2 spiro atoms. The lowest BCUT2D eigenvalue weighted by Gasteiger charge is -2.64. The summed E-state index contributed by atoms with van der Waals surface area (Å²) in [5.74, 6) is 0.308. The number of carbonyl (C=O) groups is 1. The zero-order chi connectivity index (χ0) is 19.0. The minimum atomic E-state index is -0.462. The third-order valence-electron chi connectivity index (χ3n) is 8.70. The van der Waals surface area contributed by atoms with Crippen molar-refractivity contribution in [3.8, 4) is 0 Å². The molecular formula is C21H34O5. The Kier molecular flexibility index (Phi) is 4.17. The smallest absolute Gasteiger partial charge is 0.160 e. The number of rotatable bonds is 1. The monoisotopic (exact) mass is 366 g/mol. The van der Waals surface area contributed by atoms with Gasteiger partial charge >= 0.3 is 0 Å². The van der Waals surface area contributed by atoms with Crippen molar-refractivity contribution >= 4 is 5.78 Å². The molecule has 4 aliphatic rings. The van der Waals surface area contributed by atoms with Crippen LogP contribution in [-0.2, 0) is 19.0 Å². The number of ether oxygens (including phenoxy) is 3. The fourth-order valence-corrected chi connectivity index (χ4v) is 6.84. The van der Waals surface area contributed by atoms with E-state index in [1.165, 1.54) is 0 Å². The Bertz CT molecular complexity index is 603. The van der Waals surface area contributed by atoms with Gasteiger partial charge in [0.1, 0.15) is 5.78 Å². The molecule has 2 heterocycles. The van der Waals surface area contributed by atoms with Gasteiger partial charge < -0.3 is 19.3 Å². The van der Waals surface area contributed by atoms with Crippen molar-refractivity contribution < 1.29 is 24.1 Å². The summed E-state index contributed by atoms with van der Waals surface area (Å²) in [6, 6.07) is 0. The van der Waals surface area contributed by atoms with E-state index in [9.17, 15) is 9.90 Å². The standard InChI is InChI=1S/C21H34O5/c1-13-14(22)10-15-18(2,3)16(23)6-7-19(15,4)21(13)9-8-20(26-21)11-17(24-5)25-12-20/h13,15-17,23H,6-12H2,1-5H3/t13-,15+,16-,17+,19+,20-,21-/m1/s1. The Morgan fingerprint density at radius 2 is 1.92 bits per heavy atom. The maximum Gasteiger partial charge on any atom is 0.160 e. The summed E-state index contributed by atoms with van der Waals surface area (Å²) in [7, 11) is 1.67. The third-order valence-corrected chi connectivity index (χ3v) is 8.70. The normalized spacial score (nSPS) is 53.4. The number of hydrogen-bond acceptors (Lipinski definition) is 5. The number of aliphatic hydroxyl groups is 1. The van der Waals surface area contributed by atoms with Crippen LogP contribution in [0.2, 0.25) is 0 Å². The Morgan fingerprint density at radius 1 is 1.19 bits per heavy atom. The summed E-state index contributed by atoms with van der Waals surface area (Å²) >= 11 is 0. The van der Waals surface area contributed by atoms with Crippen molar-refractivity contribution in [3.05, 3.63) is 0 Å². The molecule has 0 aromatic heterocycles. The van der Waals surface area contributed by atoms with Gasteiger partial charge in [-0.1, -0.05) is 27.7 Å². The van der Waals surface area contributed by atoms with Crippen molar-refractivity contribution in [2.75, 3.05) is 13.7 Å². The highest BCUT2D eigenvalue weighted by Crippen LogP contribution is 2.67. The van der Waals surface area contributed by atoms with E-state index in [4.69, 9.17) is 14.2 Å². The molecule has 0 amide bonds. The molecule has 0 aromatic carbocycles. The van der Waals surface area contributed by atoms with Crippen molar-refractivity contribution in [1.29, 1.82) is 0 Å². The average Bonchev–Trinajstić information content (AvgIpc) is 3.19. The van der Waals surface area contributed by atoms with Crippen LogP contribution in [0.4, 0.5) is 0 Å². The van der Waals surface area contributed by atoms with Crippen LogP contribution in [0.15, 0.2) is 0 Å². The number of methoxy groups -OCH3 is 1. The van der Waals surface area contributed by atoms with Crippen molar-refractivity contribution in [3.63, 3.8) is 0 Å². The van der Waals surface area contributed by atoms with Crippen molar-refractivity contribution in [1.82, 2.24) is 0 Å². The number of fused-ring (bicyclic) bond motifs is 2. The first-order valence-corrected chi connectivity index (χ1v) is 10.2. The first kappa shape index (κ1) is 18.9. The maximum atomic E-state index is 13.1. The minimum Gasteiger partial charge on any atom is -0.393 e. The fourth-order valence-electron chi connectivity index (χ4n) is 6.84. The highest BCUT2D eigenvalue weighted by Gasteiger charge is 2.70. The Labute approximate surface area is 156 Å². The lowest BCUT2D eigenvalue weighted by atomic mass is 9.43. The minimum absolute atomic E-state index is 0.113. The Hall–Kier alpha value is -0.490. The second-order valence-electron chi connectivity index (χ2n) is 10.1. The third kappa shape index (κ3) is 2.27. The van der Waals surface area contributed by atoms with Crippen LogP contribution in [0.25, 0.3) is 0 Å². The summed E-state index contributed by atoms with van der Waals surface area (Å²) in [4.78, 5) is 13.1. The molecule has 26 heavy (non-hydrogen) atoms. The number of hydrogen-bond donors (Lipinski definition) is 1. The van der Waals surface area contributed by atoms with E-state index in [0.29, 0.717) is 13.0 Å². The zero-order valence-corrected chi connectivity index (χ0v) is 16.8. The Morgan fingerprint density at radius 3 is 2.58 bits per heavy atom. The van der Waals surface area contributed by atoms with E-state index in [2.05, 4.69) is 27.7 Å². The van der Waals surface area contributed by atoms with E-state index in [0.717, 1.165) is 32.1 Å². The first-order chi connectivity index (χ1) is 12.1. The molecule has 148 valence electrons. The van der Waals surface area contributed by atoms with Crippen LogP contribution in [0.3, 0.4) is 0 Å². The van der Waals surface area contributed by atoms with Gasteiger partial charge in [-0.15, -0.1) is 0 Å². The molecule has 0 unspecified atom stereocenters. The van der Waals surface area contributed by atoms with Crippen LogP contribution in [0.5, 0.6) is 0 Å². The van der Waals surface area contributed by atoms with Gasteiger partial charge in [-0.25, -0.2) is 0 Å². The predicted molar refractivity (Wildman–Crippen MR) is 96.6 cm³/mol. The summed E-state index contributed by atoms with van der Waals surface area (Å²) in [5, 5.41) is 10.7. The molecule has 2 aliphatic carbocycles. The molecule has 4 rings (SSSR count). The van der Waals surface area contributed by atoms with Gasteiger partial charge in [-0.05, 0) is 37.0 Å². The Balaban J connectivity index is 1.74. The summed E-state index contributed by atoms with van der Waals surface area (Å²) in [6.45, 7) is 9.17. The zero-order valence-electron chi connectivity index (χ0n) is 16.8. The van der Waals surface area contributed by atoms with E-state index in [-0.39, 0.29) is 46.4 Å². The van der Waals surface area contributed by atoms with Crippen molar-refractivity contribution in [2.45, 2.75) is 89.8 Å². The topological polar surface area (TPSA) is 65.0 Å². The van der Waals surface area contributed by atoms with Crippen LogP contribution in [0.1, 0.15) is 66.2 Å². The van der Waals surface area contributed by atoms with Gasteiger partial charge in [0.2, 0.25) is 0 Å². The fraction of sp³-hybridized carbons (Fsp3) is 0.952. The molecule has 2 aliphatic heterocycles. The van der Waals surface area contributed by atoms with Gasteiger partial charge in [0, 0.05) is 31.3 Å². The maximum absolute atomic E-state index is 13.1. The largest absolute Gasteiger partial charge is 0.393 e. The predicted octanol–water partition coefficient (Wildman–Crippen LogP) is 3.08. The summed E-state index contributed by atoms with van der Waals surface area (Å²) in [5.41, 5.74) is -1.19. The van der Waals surface area contributed by atoms with Crippen LogP contribution >= 0.6 is 0 Å². The highest BCUT2D eigenvalue weighted by molar-refractivity contribution is 5.84. The molecule has 2 saturated carbocycles. The molecule has 0 aromatic rings. The molecular weight excluding hydrogens is 332 g/mol. The van der Waals surface area contributed by atoms with E-state index in [1.807, 2.05) is 0 Å². The highest BCUT2D eigenvalue weighted by atomic mass is 16.7. The number of ketones is 1. The number of Topliss-reactive ketones (excluding diaryl/α,β-unsaturated/α-hetero) is 1. The number of carbonyl (C=O) groups excluding carboxylic acids is 1. The van der Waals surface area contributed by atoms with Crippen LogP contribution in [-0.4, -0.2) is 48.2 Å². The molecule has 0 radical (unpaired) electrons. The molecule has 4 fully saturated rings. The second kappa shape index (κ2) is 5.76. The molecule has 5 heteroatoms. The first-order valence-electron chi connectivity index (χ1n) is 10.2. The van der Waals surface area contributed by atoms with Crippen LogP contribution in [0, 0.1) is 22.7 Å². The molecule has 7 atom stereocenters. The molecule has 0 bridgehead atoms. The number of aliphatic hydroxyl groups excluding tert-OH is 1. The SMILES string of the molecule is CO[C@@H]1C[C@]2(CC[C@@]3(O2)[C@H](C)C(=O)C[C@H]2C(C)(C)[C@H](O)CC[C@@]23C)CO1. The van der Waals surface area contributed by atoms with E-state index < -0.39 is 5.60 Å². The summed E-state index contributed by atoms with van der Waals surface area (Å²) in [6.07, 6.45) is 4.19. The van der Waals surface area contributed by atoms with Gasteiger partial charge in [0.15, 0.2) is 6.29 Å². The van der Waals surface area contributed by atoms with E-state index >= 15 is 0 Å². The lowest BCUT2D eigenvalue weighted by molar-refractivity contribution is -0.251.